The van der Waals surface area contributed by atoms with E-state index in [2.05, 4.69) is 5.32 Å². The first kappa shape index (κ1) is 33.3. The second kappa shape index (κ2) is 15.3. The quantitative estimate of drug-likeness (QED) is 0.235. The Morgan fingerprint density at radius 3 is 2.26 bits per heavy atom. The lowest BCUT2D eigenvalue weighted by atomic mass is 10.0. The topological polar surface area (TPSA) is 86.8 Å². The highest BCUT2D eigenvalue weighted by molar-refractivity contribution is 7.92. The number of carbonyl (C=O) groups excluding carboxylic acids is 2. The van der Waals surface area contributed by atoms with Gasteiger partial charge in [0.1, 0.15) is 6.04 Å². The van der Waals surface area contributed by atoms with E-state index in [1.165, 1.54) is 4.90 Å². The maximum atomic E-state index is 13.9. The molecule has 42 heavy (non-hydrogen) atoms. The lowest BCUT2D eigenvalue weighted by Gasteiger charge is -2.32. The maximum absolute atomic E-state index is 13.9. The van der Waals surface area contributed by atoms with Crippen molar-refractivity contribution in [2.75, 3.05) is 23.7 Å². The third-order valence-corrected chi connectivity index (χ3v) is 8.43. The van der Waals surface area contributed by atoms with Crippen LogP contribution in [0.3, 0.4) is 0 Å². The number of amides is 2. The third kappa shape index (κ3) is 9.40. The van der Waals surface area contributed by atoms with Crippen LogP contribution in [-0.2, 0) is 32.6 Å². The minimum absolute atomic E-state index is 0.0474. The molecule has 0 saturated heterocycles. The number of hydrogen-bond acceptors (Lipinski definition) is 4. The molecule has 0 radical (unpaired) electrons. The number of benzene rings is 3. The average Bonchev–Trinajstić information content (AvgIpc) is 2.95. The van der Waals surface area contributed by atoms with Gasteiger partial charge in [0.05, 0.1) is 22.0 Å². The van der Waals surface area contributed by atoms with Crippen LogP contribution < -0.4 is 9.62 Å². The Morgan fingerprint density at radius 2 is 1.64 bits per heavy atom. The molecule has 0 aliphatic heterocycles. The number of carbonyl (C=O) groups is 2. The molecule has 2 amide bonds. The first-order valence-electron chi connectivity index (χ1n) is 13.4. The minimum Gasteiger partial charge on any atom is -0.354 e. The van der Waals surface area contributed by atoms with Crippen molar-refractivity contribution in [2.45, 2.75) is 45.2 Å². The van der Waals surface area contributed by atoms with Gasteiger partial charge in [-0.1, -0.05) is 66.5 Å². The van der Waals surface area contributed by atoms with Gasteiger partial charge in [0.15, 0.2) is 11.6 Å². The van der Waals surface area contributed by atoms with E-state index in [-0.39, 0.29) is 43.9 Å². The molecule has 0 aliphatic carbocycles. The van der Waals surface area contributed by atoms with E-state index in [9.17, 15) is 26.8 Å². The van der Waals surface area contributed by atoms with Crippen LogP contribution in [0.4, 0.5) is 14.5 Å². The number of sulfonamides is 1. The summed E-state index contributed by atoms with van der Waals surface area (Å²) in [5.41, 5.74) is 1.44. The van der Waals surface area contributed by atoms with E-state index < -0.39 is 33.6 Å². The van der Waals surface area contributed by atoms with Gasteiger partial charge in [-0.3, -0.25) is 13.9 Å². The molecule has 3 aromatic rings. The average molecular weight is 641 g/mol. The van der Waals surface area contributed by atoms with Crippen LogP contribution in [0.25, 0.3) is 0 Å². The number of rotatable bonds is 14. The zero-order chi connectivity index (χ0) is 30.9. The van der Waals surface area contributed by atoms with Crippen molar-refractivity contribution >= 4 is 50.7 Å². The predicted molar refractivity (Wildman–Crippen MR) is 162 cm³/mol. The number of halogens is 4. The Balaban J connectivity index is 1.90. The predicted octanol–water partition coefficient (Wildman–Crippen LogP) is 5.98. The molecule has 0 fully saturated rings. The number of hydrogen-bond donors (Lipinski definition) is 1. The van der Waals surface area contributed by atoms with Gasteiger partial charge in [0.25, 0.3) is 0 Å². The van der Waals surface area contributed by atoms with Crippen molar-refractivity contribution in [2.24, 2.45) is 0 Å². The molecular weight excluding hydrogens is 607 g/mol. The molecule has 0 spiro atoms. The van der Waals surface area contributed by atoms with Crippen LogP contribution in [0.2, 0.25) is 10.0 Å². The molecule has 0 saturated carbocycles. The van der Waals surface area contributed by atoms with Gasteiger partial charge in [0, 0.05) is 38.5 Å². The van der Waals surface area contributed by atoms with E-state index in [4.69, 9.17) is 23.2 Å². The van der Waals surface area contributed by atoms with Crippen LogP contribution in [0, 0.1) is 11.6 Å². The summed E-state index contributed by atoms with van der Waals surface area (Å²) in [6.07, 6.45) is 1.82. The lowest BCUT2D eigenvalue weighted by molar-refractivity contribution is -0.141. The first-order valence-corrected chi connectivity index (χ1v) is 16.0. The van der Waals surface area contributed by atoms with Gasteiger partial charge < -0.3 is 10.2 Å². The number of nitrogens with zero attached hydrogens (tertiary/aromatic N) is 2. The summed E-state index contributed by atoms with van der Waals surface area (Å²) in [7, 11) is -3.88. The molecule has 1 unspecified atom stereocenters. The molecule has 0 aliphatic rings. The van der Waals surface area contributed by atoms with Crippen LogP contribution in [0.5, 0.6) is 0 Å². The molecule has 0 heterocycles. The molecule has 3 aromatic carbocycles. The Bertz CT molecular complexity index is 1490. The summed E-state index contributed by atoms with van der Waals surface area (Å²) in [4.78, 5) is 28.7. The highest BCUT2D eigenvalue weighted by atomic mass is 35.5. The zero-order valence-electron chi connectivity index (χ0n) is 23.3. The first-order chi connectivity index (χ1) is 19.9. The molecule has 1 atom stereocenters. The summed E-state index contributed by atoms with van der Waals surface area (Å²) in [6.45, 7) is 2.23. The molecule has 12 heteroatoms. The molecule has 226 valence electrons. The highest BCUT2D eigenvalue weighted by Crippen LogP contribution is 2.25. The van der Waals surface area contributed by atoms with E-state index in [1.807, 2.05) is 37.3 Å². The van der Waals surface area contributed by atoms with Crippen LogP contribution in [0.1, 0.15) is 37.3 Å². The summed E-state index contributed by atoms with van der Waals surface area (Å²) in [6, 6.07) is 16.2. The van der Waals surface area contributed by atoms with Gasteiger partial charge in [-0.25, -0.2) is 17.2 Å². The van der Waals surface area contributed by atoms with Crippen LogP contribution in [0.15, 0.2) is 66.7 Å². The SMILES string of the molecule is CCCNC(=O)C(Cc1ccccc1)N(Cc1ccc(Cl)c(Cl)c1)C(=O)CCCN(c1ccc(F)c(F)c1)S(C)(=O)=O. The van der Waals surface area contributed by atoms with Crippen molar-refractivity contribution in [1.82, 2.24) is 10.2 Å². The molecular formula is C30H33Cl2F2N3O4S. The van der Waals surface area contributed by atoms with Crippen molar-refractivity contribution in [3.05, 3.63) is 99.5 Å². The van der Waals surface area contributed by atoms with E-state index in [0.717, 1.165) is 34.3 Å². The third-order valence-electron chi connectivity index (χ3n) is 6.50. The van der Waals surface area contributed by atoms with Gasteiger partial charge >= 0.3 is 0 Å². The van der Waals surface area contributed by atoms with Gasteiger partial charge in [0.2, 0.25) is 21.8 Å². The highest BCUT2D eigenvalue weighted by Gasteiger charge is 2.30. The van der Waals surface area contributed by atoms with Crippen molar-refractivity contribution in [1.29, 1.82) is 0 Å². The molecule has 1 N–H and O–H groups in total. The number of nitrogens with one attached hydrogen (secondary N) is 1. The minimum atomic E-state index is -3.88. The summed E-state index contributed by atoms with van der Waals surface area (Å²) >= 11 is 12.3. The van der Waals surface area contributed by atoms with Gasteiger partial charge in [-0.05, 0) is 48.2 Å². The van der Waals surface area contributed by atoms with Crippen molar-refractivity contribution < 1.29 is 26.8 Å². The molecule has 7 nitrogen and oxygen atoms in total. The van der Waals surface area contributed by atoms with Crippen LogP contribution >= 0.6 is 23.2 Å². The zero-order valence-corrected chi connectivity index (χ0v) is 25.7. The summed E-state index contributed by atoms with van der Waals surface area (Å²) in [5, 5.41) is 3.53. The largest absolute Gasteiger partial charge is 0.354 e. The van der Waals surface area contributed by atoms with Crippen molar-refractivity contribution in [3.8, 4) is 0 Å². The molecule has 3 rings (SSSR count). The lowest BCUT2D eigenvalue weighted by Crippen LogP contribution is -2.50. The fourth-order valence-corrected chi connectivity index (χ4v) is 5.68. The van der Waals surface area contributed by atoms with Gasteiger partial charge in [-0.15, -0.1) is 0 Å². The fourth-order valence-electron chi connectivity index (χ4n) is 4.40. The second-order valence-corrected chi connectivity index (χ2v) is 12.5. The smallest absolute Gasteiger partial charge is 0.243 e. The molecule has 0 bridgehead atoms. The number of anilines is 1. The van der Waals surface area contributed by atoms with E-state index in [1.54, 1.807) is 18.2 Å². The molecule has 0 aromatic heterocycles. The maximum Gasteiger partial charge on any atom is 0.243 e. The second-order valence-electron chi connectivity index (χ2n) is 9.80. The normalized spacial score (nSPS) is 12.0. The van der Waals surface area contributed by atoms with E-state index >= 15 is 0 Å². The standard InChI is InChI=1S/C30H33Cl2F2N3O4S/c1-3-15-35-30(39)28(18-21-8-5-4-6-9-21)36(20-22-11-13-24(31)25(32)17-22)29(38)10-7-16-37(42(2,40)41)23-12-14-26(33)27(34)19-23/h4-6,8-9,11-14,17,19,28H,3,7,10,15-16,18,20H2,1-2H3,(H,35,39). The fraction of sp³-hybridized carbons (Fsp3) is 0.333. The Labute approximate surface area is 255 Å². The Hall–Kier alpha value is -3.21. The van der Waals surface area contributed by atoms with Crippen LogP contribution in [-0.4, -0.2) is 50.5 Å². The Kier molecular flexibility index (Phi) is 12.1. The Morgan fingerprint density at radius 1 is 0.929 bits per heavy atom. The summed E-state index contributed by atoms with van der Waals surface area (Å²) in [5.74, 6) is -3.01. The summed E-state index contributed by atoms with van der Waals surface area (Å²) < 4.78 is 53.2. The van der Waals surface area contributed by atoms with E-state index in [0.29, 0.717) is 28.6 Å². The van der Waals surface area contributed by atoms with Crippen molar-refractivity contribution in [3.63, 3.8) is 0 Å². The van der Waals surface area contributed by atoms with Gasteiger partial charge in [-0.2, -0.15) is 0 Å². The monoisotopic (exact) mass is 639 g/mol.